The van der Waals surface area contributed by atoms with Crippen molar-refractivity contribution in [2.24, 2.45) is 21.7 Å². The number of hydrogen-bond acceptors (Lipinski definition) is 2. The highest BCUT2D eigenvalue weighted by Crippen LogP contribution is 2.29. The van der Waals surface area contributed by atoms with Gasteiger partial charge in [-0.25, -0.2) is 0 Å². The molecule has 2 rings (SSSR count). The number of aromatic nitrogens is 1. The van der Waals surface area contributed by atoms with E-state index in [1.807, 2.05) is 4.57 Å². The highest BCUT2D eigenvalue weighted by Gasteiger charge is 2.29. The Morgan fingerprint density at radius 1 is 1.14 bits per heavy atom. The van der Waals surface area contributed by atoms with Gasteiger partial charge in [-0.05, 0) is 29.8 Å². The van der Waals surface area contributed by atoms with Crippen LogP contribution < -0.4 is 11.5 Å². The molecule has 0 amide bonds. The number of nitrogens with zero attached hydrogens (tertiary/aromatic N) is 3. The molecule has 0 aliphatic heterocycles. The van der Waals surface area contributed by atoms with Crippen molar-refractivity contribution in [1.29, 1.82) is 0 Å². The normalized spacial score (nSPS) is 11.8. The molecule has 0 bridgehead atoms. The fourth-order valence-electron chi connectivity index (χ4n) is 1.84. The van der Waals surface area contributed by atoms with Crippen LogP contribution in [0.3, 0.4) is 0 Å². The Kier molecular flexibility index (Phi) is 4.50. The molecule has 116 valence electrons. The van der Waals surface area contributed by atoms with E-state index >= 15 is 0 Å². The highest BCUT2D eigenvalue weighted by atomic mass is 19.4. The van der Waals surface area contributed by atoms with Crippen LogP contribution in [0.25, 0.3) is 0 Å². The molecule has 2 aromatic rings. The summed E-state index contributed by atoms with van der Waals surface area (Å²) in [6.07, 6.45) is -1.08. The number of rotatable bonds is 4. The maximum absolute atomic E-state index is 12.5. The number of benzene rings is 1. The van der Waals surface area contributed by atoms with E-state index in [2.05, 4.69) is 10.2 Å². The molecule has 4 N–H and O–H groups in total. The molecule has 0 atom stereocenters. The number of hydrogen-bond donors (Lipinski definition) is 2. The Morgan fingerprint density at radius 2 is 1.82 bits per heavy atom. The van der Waals surface area contributed by atoms with Gasteiger partial charge in [-0.3, -0.25) is 0 Å². The molecule has 0 saturated heterocycles. The first-order valence-electron chi connectivity index (χ1n) is 6.29. The van der Waals surface area contributed by atoms with Gasteiger partial charge in [0, 0.05) is 12.7 Å². The topological polar surface area (TPSA) is 81.7 Å². The predicted octanol–water partition coefficient (Wildman–Crippen LogP) is 2.16. The summed E-state index contributed by atoms with van der Waals surface area (Å²) >= 11 is 0. The standard InChI is InChI=1S/C14H14F3N5/c15-14(16,17)11-5-3-10(4-6-11)9-22-7-1-2-12(22)8-20-21-13(18)19/h1-8H,9H2,(H4,18,19,21)/b20-8+. The smallest absolute Gasteiger partial charge is 0.369 e. The monoisotopic (exact) mass is 309 g/mol. The zero-order chi connectivity index (χ0) is 16.2. The summed E-state index contributed by atoms with van der Waals surface area (Å²) < 4.78 is 39.3. The third kappa shape index (κ3) is 4.11. The first-order chi connectivity index (χ1) is 10.4. The largest absolute Gasteiger partial charge is 0.416 e. The first-order valence-corrected chi connectivity index (χ1v) is 6.29. The summed E-state index contributed by atoms with van der Waals surface area (Å²) in [5.74, 6) is -0.155. The third-order valence-electron chi connectivity index (χ3n) is 2.86. The Hall–Kier alpha value is -2.77. The number of guanidine groups is 1. The van der Waals surface area contributed by atoms with Gasteiger partial charge in [-0.2, -0.15) is 18.3 Å². The maximum atomic E-state index is 12.5. The average Bonchev–Trinajstić information content (AvgIpc) is 2.85. The molecule has 5 nitrogen and oxygen atoms in total. The van der Waals surface area contributed by atoms with Gasteiger partial charge in [0.15, 0.2) is 0 Å². The van der Waals surface area contributed by atoms with Crippen LogP contribution >= 0.6 is 0 Å². The van der Waals surface area contributed by atoms with E-state index in [4.69, 9.17) is 11.5 Å². The van der Waals surface area contributed by atoms with Crippen LogP contribution in [0.1, 0.15) is 16.8 Å². The van der Waals surface area contributed by atoms with Crippen molar-refractivity contribution in [3.05, 3.63) is 59.4 Å². The van der Waals surface area contributed by atoms with E-state index in [0.717, 1.165) is 23.4 Å². The van der Waals surface area contributed by atoms with Crippen molar-refractivity contribution in [3.8, 4) is 0 Å². The average molecular weight is 309 g/mol. The second-order valence-corrected chi connectivity index (χ2v) is 4.53. The summed E-state index contributed by atoms with van der Waals surface area (Å²) in [5, 5.41) is 7.19. The van der Waals surface area contributed by atoms with E-state index < -0.39 is 11.7 Å². The lowest BCUT2D eigenvalue weighted by Gasteiger charge is -2.09. The lowest BCUT2D eigenvalue weighted by Crippen LogP contribution is -2.21. The van der Waals surface area contributed by atoms with Gasteiger partial charge in [-0.1, -0.05) is 12.1 Å². The van der Waals surface area contributed by atoms with Crippen molar-refractivity contribution >= 4 is 12.2 Å². The van der Waals surface area contributed by atoms with Crippen molar-refractivity contribution in [2.45, 2.75) is 12.7 Å². The lowest BCUT2D eigenvalue weighted by molar-refractivity contribution is -0.137. The summed E-state index contributed by atoms with van der Waals surface area (Å²) in [4.78, 5) is 0. The Labute approximate surface area is 124 Å². The van der Waals surface area contributed by atoms with Crippen LogP contribution in [-0.4, -0.2) is 16.7 Å². The molecule has 0 aliphatic rings. The second-order valence-electron chi connectivity index (χ2n) is 4.53. The molecule has 1 aromatic heterocycles. The molecule has 22 heavy (non-hydrogen) atoms. The van der Waals surface area contributed by atoms with E-state index in [-0.39, 0.29) is 5.96 Å². The van der Waals surface area contributed by atoms with E-state index in [9.17, 15) is 13.2 Å². The summed E-state index contributed by atoms with van der Waals surface area (Å²) in [5.41, 5.74) is 11.1. The van der Waals surface area contributed by atoms with E-state index in [0.29, 0.717) is 6.54 Å². The summed E-state index contributed by atoms with van der Waals surface area (Å²) in [7, 11) is 0. The maximum Gasteiger partial charge on any atom is 0.416 e. The minimum atomic E-state index is -4.33. The third-order valence-corrected chi connectivity index (χ3v) is 2.86. The van der Waals surface area contributed by atoms with Crippen LogP contribution in [0.15, 0.2) is 52.8 Å². The van der Waals surface area contributed by atoms with E-state index in [1.165, 1.54) is 18.3 Å². The highest BCUT2D eigenvalue weighted by molar-refractivity contribution is 5.80. The predicted molar refractivity (Wildman–Crippen MR) is 78.4 cm³/mol. The molecule has 1 heterocycles. The van der Waals surface area contributed by atoms with Crippen molar-refractivity contribution in [3.63, 3.8) is 0 Å². The lowest BCUT2D eigenvalue weighted by atomic mass is 10.1. The fourth-order valence-corrected chi connectivity index (χ4v) is 1.84. The van der Waals surface area contributed by atoms with Crippen molar-refractivity contribution < 1.29 is 13.2 Å². The van der Waals surface area contributed by atoms with Crippen LogP contribution in [0.4, 0.5) is 13.2 Å². The molecular weight excluding hydrogens is 295 g/mol. The Bertz CT molecular complexity index is 679. The molecule has 0 fully saturated rings. The van der Waals surface area contributed by atoms with Gasteiger partial charge in [-0.15, -0.1) is 5.10 Å². The van der Waals surface area contributed by atoms with Gasteiger partial charge >= 0.3 is 6.18 Å². The molecular formula is C14H14F3N5. The van der Waals surface area contributed by atoms with Crippen molar-refractivity contribution in [1.82, 2.24) is 4.57 Å². The van der Waals surface area contributed by atoms with Crippen molar-refractivity contribution in [2.75, 3.05) is 0 Å². The molecule has 0 saturated carbocycles. The van der Waals surface area contributed by atoms with Crippen LogP contribution in [0.5, 0.6) is 0 Å². The number of halogens is 3. The van der Waals surface area contributed by atoms with Crippen LogP contribution in [-0.2, 0) is 12.7 Å². The van der Waals surface area contributed by atoms with E-state index in [1.54, 1.807) is 18.3 Å². The zero-order valence-corrected chi connectivity index (χ0v) is 11.5. The van der Waals surface area contributed by atoms with Crippen LogP contribution in [0, 0.1) is 0 Å². The van der Waals surface area contributed by atoms with Crippen LogP contribution in [0.2, 0.25) is 0 Å². The molecule has 0 spiro atoms. The van der Waals surface area contributed by atoms with Gasteiger partial charge in [0.2, 0.25) is 5.96 Å². The van der Waals surface area contributed by atoms with Gasteiger partial charge < -0.3 is 16.0 Å². The zero-order valence-electron chi connectivity index (χ0n) is 11.5. The SMILES string of the molecule is NC(N)=N/N=C/c1cccn1Cc1ccc(C(F)(F)F)cc1. The molecule has 0 unspecified atom stereocenters. The molecule has 0 aliphatic carbocycles. The van der Waals surface area contributed by atoms with Gasteiger partial charge in [0.05, 0.1) is 17.5 Å². The van der Waals surface area contributed by atoms with Gasteiger partial charge in [0.1, 0.15) is 0 Å². The Morgan fingerprint density at radius 3 is 2.41 bits per heavy atom. The molecule has 8 heteroatoms. The fraction of sp³-hybridized carbons (Fsp3) is 0.143. The number of alkyl halides is 3. The second kappa shape index (κ2) is 6.33. The minimum absolute atomic E-state index is 0.155. The number of nitrogens with two attached hydrogens (primary N) is 2. The minimum Gasteiger partial charge on any atom is -0.369 e. The molecule has 1 aromatic carbocycles. The summed E-state index contributed by atoms with van der Waals surface area (Å²) in [6.45, 7) is 0.411. The molecule has 0 radical (unpaired) electrons. The van der Waals surface area contributed by atoms with Gasteiger partial charge in [0.25, 0.3) is 0 Å². The summed E-state index contributed by atoms with van der Waals surface area (Å²) in [6, 6.07) is 8.59. The first kappa shape index (κ1) is 15.6. The Balaban J connectivity index is 2.13. The quantitative estimate of drug-likeness (QED) is 0.515.